The topological polar surface area (TPSA) is 55.6 Å². The fraction of sp³-hybridized carbons (Fsp3) is 0.857. The Labute approximate surface area is 66.3 Å². The highest BCUT2D eigenvalue weighted by atomic mass is 16.5. The van der Waals surface area contributed by atoms with E-state index in [-0.39, 0.29) is 18.4 Å². The van der Waals surface area contributed by atoms with Crippen LogP contribution < -0.4 is 5.73 Å². The van der Waals surface area contributed by atoms with Crippen molar-refractivity contribution in [2.24, 2.45) is 5.73 Å². The van der Waals surface area contributed by atoms with Gasteiger partial charge < -0.3 is 10.5 Å². The number of nitrogens with zero attached hydrogens (tertiary/aromatic N) is 1. The van der Waals surface area contributed by atoms with Crippen LogP contribution in [0.3, 0.4) is 0 Å². The summed E-state index contributed by atoms with van der Waals surface area (Å²) in [5.41, 5.74) is 5.07. The Morgan fingerprint density at radius 1 is 1.73 bits per heavy atom. The molecule has 1 fully saturated rings. The third-order valence-electron chi connectivity index (χ3n) is 1.68. The van der Waals surface area contributed by atoms with Crippen molar-refractivity contribution in [1.29, 1.82) is 0 Å². The van der Waals surface area contributed by atoms with Gasteiger partial charge in [-0.05, 0) is 13.8 Å². The van der Waals surface area contributed by atoms with Gasteiger partial charge in [-0.15, -0.1) is 0 Å². The number of nitrogens with two attached hydrogens (primary N) is 1. The van der Waals surface area contributed by atoms with Crippen LogP contribution >= 0.6 is 0 Å². The predicted molar refractivity (Wildman–Crippen MR) is 40.9 cm³/mol. The van der Waals surface area contributed by atoms with E-state index in [0.717, 1.165) is 13.0 Å². The first-order chi connectivity index (χ1) is 5.11. The van der Waals surface area contributed by atoms with E-state index in [2.05, 4.69) is 0 Å². The minimum atomic E-state index is -0.387. The van der Waals surface area contributed by atoms with Gasteiger partial charge in [0.2, 0.25) is 0 Å². The van der Waals surface area contributed by atoms with Crippen LogP contribution in [0.15, 0.2) is 0 Å². The molecule has 1 aliphatic heterocycles. The molecule has 0 spiro atoms. The van der Waals surface area contributed by atoms with Crippen LogP contribution in [0.25, 0.3) is 0 Å². The maximum atomic E-state index is 10.6. The standard InChI is InChI=1S/C7H14N2O2/c1-5(2)11-6-3-4-9(6)7(8)10/h5-6H,3-4H2,1-2H3,(H2,8,10). The van der Waals surface area contributed by atoms with Gasteiger partial charge in [0.15, 0.2) is 0 Å². The van der Waals surface area contributed by atoms with Crippen molar-refractivity contribution in [3.63, 3.8) is 0 Å². The summed E-state index contributed by atoms with van der Waals surface area (Å²) in [5, 5.41) is 0. The molecule has 0 aromatic rings. The first-order valence-electron chi connectivity index (χ1n) is 3.83. The number of urea groups is 1. The minimum Gasteiger partial charge on any atom is -0.356 e. The maximum Gasteiger partial charge on any atom is 0.316 e. The summed E-state index contributed by atoms with van der Waals surface area (Å²) >= 11 is 0. The lowest BCUT2D eigenvalue weighted by Gasteiger charge is -2.40. The Bertz CT molecular complexity index is 159. The summed E-state index contributed by atoms with van der Waals surface area (Å²) in [5.74, 6) is 0. The molecule has 0 radical (unpaired) electrons. The molecule has 0 aromatic heterocycles. The number of hydrogen-bond acceptors (Lipinski definition) is 2. The summed E-state index contributed by atoms with van der Waals surface area (Å²) < 4.78 is 5.39. The van der Waals surface area contributed by atoms with E-state index in [9.17, 15) is 4.79 Å². The second-order valence-electron chi connectivity index (χ2n) is 2.96. The summed E-state index contributed by atoms with van der Waals surface area (Å²) in [6, 6.07) is -0.387. The molecule has 2 N–H and O–H groups in total. The van der Waals surface area contributed by atoms with E-state index in [1.54, 1.807) is 0 Å². The molecule has 4 heteroatoms. The van der Waals surface area contributed by atoms with Gasteiger partial charge >= 0.3 is 6.03 Å². The number of carbonyl (C=O) groups is 1. The van der Waals surface area contributed by atoms with Gasteiger partial charge in [0.05, 0.1) is 6.10 Å². The summed E-state index contributed by atoms with van der Waals surface area (Å²) in [7, 11) is 0. The van der Waals surface area contributed by atoms with E-state index >= 15 is 0 Å². The summed E-state index contributed by atoms with van der Waals surface area (Å²) in [4.78, 5) is 12.2. The average Bonchev–Trinajstić information content (AvgIpc) is 1.78. The molecule has 1 aliphatic rings. The van der Waals surface area contributed by atoms with Crippen molar-refractivity contribution in [3.05, 3.63) is 0 Å². The summed E-state index contributed by atoms with van der Waals surface area (Å²) in [6.07, 6.45) is 0.982. The molecule has 0 saturated carbocycles. The van der Waals surface area contributed by atoms with Gasteiger partial charge in [0.25, 0.3) is 0 Å². The zero-order valence-corrected chi connectivity index (χ0v) is 6.91. The molecule has 1 rings (SSSR count). The molecule has 0 aromatic carbocycles. The van der Waals surface area contributed by atoms with Gasteiger partial charge in [0.1, 0.15) is 6.23 Å². The molecular weight excluding hydrogens is 144 g/mol. The van der Waals surface area contributed by atoms with Crippen molar-refractivity contribution >= 4 is 6.03 Å². The maximum absolute atomic E-state index is 10.6. The van der Waals surface area contributed by atoms with E-state index in [1.165, 1.54) is 4.90 Å². The lowest BCUT2D eigenvalue weighted by Crippen LogP contribution is -2.55. The zero-order chi connectivity index (χ0) is 8.43. The first kappa shape index (κ1) is 8.33. The van der Waals surface area contributed by atoms with E-state index in [1.807, 2.05) is 13.8 Å². The number of primary amides is 1. The Balaban J connectivity index is 2.31. The van der Waals surface area contributed by atoms with Crippen LogP contribution in [0.1, 0.15) is 20.3 Å². The summed E-state index contributed by atoms with van der Waals surface area (Å²) in [6.45, 7) is 4.61. The number of amides is 2. The quantitative estimate of drug-likeness (QED) is 0.637. The van der Waals surface area contributed by atoms with Gasteiger partial charge in [0, 0.05) is 13.0 Å². The zero-order valence-electron chi connectivity index (χ0n) is 6.91. The highest BCUT2D eigenvalue weighted by Gasteiger charge is 2.31. The fourth-order valence-corrected chi connectivity index (χ4v) is 1.07. The van der Waals surface area contributed by atoms with Crippen LogP contribution in [0.5, 0.6) is 0 Å². The van der Waals surface area contributed by atoms with Crippen molar-refractivity contribution in [3.8, 4) is 0 Å². The third-order valence-corrected chi connectivity index (χ3v) is 1.68. The molecule has 0 bridgehead atoms. The lowest BCUT2D eigenvalue weighted by atomic mass is 10.2. The van der Waals surface area contributed by atoms with Crippen LogP contribution in [0.4, 0.5) is 4.79 Å². The Hall–Kier alpha value is -0.770. The minimum absolute atomic E-state index is 0.0764. The van der Waals surface area contributed by atoms with Crippen molar-refractivity contribution < 1.29 is 9.53 Å². The smallest absolute Gasteiger partial charge is 0.316 e. The second kappa shape index (κ2) is 3.09. The van der Waals surface area contributed by atoms with Crippen LogP contribution in [-0.2, 0) is 4.74 Å². The fourth-order valence-electron chi connectivity index (χ4n) is 1.07. The molecule has 64 valence electrons. The molecule has 4 nitrogen and oxygen atoms in total. The molecule has 1 saturated heterocycles. The monoisotopic (exact) mass is 158 g/mol. The SMILES string of the molecule is CC(C)OC1CCN1C(N)=O. The Kier molecular flexibility index (Phi) is 2.34. The second-order valence-corrected chi connectivity index (χ2v) is 2.96. The normalized spacial score (nSPS) is 23.5. The molecule has 1 atom stereocenters. The van der Waals surface area contributed by atoms with Crippen LogP contribution in [-0.4, -0.2) is 29.8 Å². The number of rotatable bonds is 2. The highest BCUT2D eigenvalue weighted by molar-refractivity contribution is 5.73. The largest absolute Gasteiger partial charge is 0.356 e. The van der Waals surface area contributed by atoms with Gasteiger partial charge in [-0.25, -0.2) is 4.79 Å². The molecular formula is C7H14N2O2. The average molecular weight is 158 g/mol. The van der Waals surface area contributed by atoms with Crippen LogP contribution in [0.2, 0.25) is 0 Å². The molecule has 11 heavy (non-hydrogen) atoms. The first-order valence-corrected chi connectivity index (χ1v) is 3.83. The lowest BCUT2D eigenvalue weighted by molar-refractivity contribution is -0.118. The highest BCUT2D eigenvalue weighted by Crippen LogP contribution is 2.18. The third kappa shape index (κ3) is 1.83. The van der Waals surface area contributed by atoms with Crippen LogP contribution in [0, 0.1) is 0 Å². The van der Waals surface area contributed by atoms with Gasteiger partial charge in [-0.2, -0.15) is 0 Å². The van der Waals surface area contributed by atoms with E-state index in [4.69, 9.17) is 10.5 Å². The van der Waals surface area contributed by atoms with E-state index < -0.39 is 0 Å². The predicted octanol–water partition coefficient (Wildman–Crippen LogP) is 0.522. The van der Waals surface area contributed by atoms with Crippen molar-refractivity contribution in [1.82, 2.24) is 4.90 Å². The molecule has 2 amide bonds. The molecule has 0 aliphatic carbocycles. The number of likely N-dealkylation sites (tertiary alicyclic amines) is 1. The molecule has 1 heterocycles. The Morgan fingerprint density at radius 2 is 2.36 bits per heavy atom. The van der Waals surface area contributed by atoms with Crippen molar-refractivity contribution in [2.75, 3.05) is 6.54 Å². The van der Waals surface area contributed by atoms with Gasteiger partial charge in [-0.1, -0.05) is 0 Å². The van der Waals surface area contributed by atoms with E-state index in [0.29, 0.717) is 0 Å². The molecule has 1 unspecified atom stereocenters. The van der Waals surface area contributed by atoms with Crippen molar-refractivity contribution in [2.45, 2.75) is 32.6 Å². The number of ether oxygens (including phenoxy) is 1. The Morgan fingerprint density at radius 3 is 2.64 bits per heavy atom. The number of hydrogen-bond donors (Lipinski definition) is 1. The van der Waals surface area contributed by atoms with Gasteiger partial charge in [-0.3, -0.25) is 4.90 Å². The number of carbonyl (C=O) groups excluding carboxylic acids is 1.